The Morgan fingerprint density at radius 1 is 1.38 bits per heavy atom. The molecule has 1 aromatic carbocycles. The molecule has 0 saturated heterocycles. The van der Waals surface area contributed by atoms with Crippen LogP contribution in [0.2, 0.25) is 0 Å². The lowest BCUT2D eigenvalue weighted by atomic mass is 10.0. The van der Waals surface area contributed by atoms with Crippen molar-refractivity contribution in [2.75, 3.05) is 13.2 Å². The minimum absolute atomic E-state index is 0.0145. The number of nitrogens with two attached hydrogens (primary N) is 1. The SMILES string of the molecule is CC[C@@H](N)c1ccccc1OCC(C)CO. The summed E-state index contributed by atoms with van der Waals surface area (Å²) in [5.74, 6) is 0.975. The van der Waals surface area contributed by atoms with E-state index in [1.165, 1.54) is 0 Å². The Morgan fingerprint density at radius 2 is 2.06 bits per heavy atom. The van der Waals surface area contributed by atoms with Crippen LogP contribution in [0.5, 0.6) is 5.75 Å². The Bertz CT molecular complexity index is 315. The summed E-state index contributed by atoms with van der Waals surface area (Å²) < 4.78 is 5.67. The Morgan fingerprint density at radius 3 is 2.69 bits per heavy atom. The molecule has 16 heavy (non-hydrogen) atoms. The summed E-state index contributed by atoms with van der Waals surface area (Å²) >= 11 is 0. The highest BCUT2D eigenvalue weighted by Gasteiger charge is 2.10. The number of hydrogen-bond acceptors (Lipinski definition) is 3. The summed E-state index contributed by atoms with van der Waals surface area (Å²) in [5.41, 5.74) is 7.04. The summed E-state index contributed by atoms with van der Waals surface area (Å²) in [4.78, 5) is 0. The minimum Gasteiger partial charge on any atom is -0.493 e. The molecule has 2 atom stereocenters. The third-order valence-electron chi connectivity index (χ3n) is 2.59. The molecule has 0 heterocycles. The second kappa shape index (κ2) is 6.51. The molecule has 0 bridgehead atoms. The fraction of sp³-hybridized carbons (Fsp3) is 0.538. The number of benzene rings is 1. The molecule has 0 aromatic heterocycles. The fourth-order valence-corrected chi connectivity index (χ4v) is 1.42. The predicted molar refractivity (Wildman–Crippen MR) is 65.4 cm³/mol. The van der Waals surface area contributed by atoms with Gasteiger partial charge in [0.05, 0.1) is 6.61 Å². The van der Waals surface area contributed by atoms with E-state index in [1.807, 2.05) is 31.2 Å². The molecule has 0 aliphatic carbocycles. The Balaban J connectivity index is 2.71. The van der Waals surface area contributed by atoms with Crippen LogP contribution in [0.3, 0.4) is 0 Å². The van der Waals surface area contributed by atoms with Crippen LogP contribution in [0.15, 0.2) is 24.3 Å². The maximum atomic E-state index is 8.93. The Hall–Kier alpha value is -1.06. The topological polar surface area (TPSA) is 55.5 Å². The van der Waals surface area contributed by atoms with Gasteiger partial charge in [0.15, 0.2) is 0 Å². The van der Waals surface area contributed by atoms with Gasteiger partial charge in [0.25, 0.3) is 0 Å². The van der Waals surface area contributed by atoms with E-state index in [0.29, 0.717) is 6.61 Å². The van der Waals surface area contributed by atoms with E-state index in [2.05, 4.69) is 6.92 Å². The van der Waals surface area contributed by atoms with Gasteiger partial charge < -0.3 is 15.6 Å². The average Bonchev–Trinajstić information content (AvgIpc) is 2.35. The molecule has 1 rings (SSSR count). The van der Waals surface area contributed by atoms with Crippen LogP contribution < -0.4 is 10.5 Å². The summed E-state index contributed by atoms with van der Waals surface area (Å²) in [6, 6.07) is 7.83. The number of aliphatic hydroxyl groups is 1. The standard InChI is InChI=1S/C13H21NO2/c1-3-12(14)11-6-4-5-7-13(11)16-9-10(2)8-15/h4-7,10,12,15H,3,8-9,14H2,1-2H3/t10?,12-/m1/s1. The molecular weight excluding hydrogens is 202 g/mol. The van der Waals surface area contributed by atoms with Gasteiger partial charge in [-0.3, -0.25) is 0 Å². The normalized spacial score (nSPS) is 14.5. The van der Waals surface area contributed by atoms with E-state index in [-0.39, 0.29) is 18.6 Å². The molecule has 0 fully saturated rings. The van der Waals surface area contributed by atoms with Crippen molar-refractivity contribution in [2.24, 2.45) is 11.7 Å². The van der Waals surface area contributed by atoms with Gasteiger partial charge in [0, 0.05) is 24.1 Å². The molecule has 3 N–H and O–H groups in total. The van der Waals surface area contributed by atoms with Gasteiger partial charge in [-0.2, -0.15) is 0 Å². The molecule has 90 valence electrons. The zero-order valence-corrected chi connectivity index (χ0v) is 10.0. The first-order valence-electron chi connectivity index (χ1n) is 5.77. The molecule has 0 saturated carbocycles. The van der Waals surface area contributed by atoms with E-state index in [1.54, 1.807) is 0 Å². The van der Waals surface area contributed by atoms with Crippen LogP contribution in [-0.4, -0.2) is 18.3 Å². The highest BCUT2D eigenvalue weighted by molar-refractivity contribution is 5.35. The van der Waals surface area contributed by atoms with Crippen LogP contribution in [0.4, 0.5) is 0 Å². The summed E-state index contributed by atoms with van der Waals surface area (Å²) in [6.45, 7) is 4.66. The number of ether oxygens (including phenoxy) is 1. The van der Waals surface area contributed by atoms with E-state index < -0.39 is 0 Å². The predicted octanol–water partition coefficient (Wildman–Crippen LogP) is 2.10. The lowest BCUT2D eigenvalue weighted by molar-refractivity contribution is 0.173. The first-order chi connectivity index (χ1) is 7.69. The quantitative estimate of drug-likeness (QED) is 0.776. The fourth-order valence-electron chi connectivity index (χ4n) is 1.42. The van der Waals surface area contributed by atoms with Crippen LogP contribution in [-0.2, 0) is 0 Å². The lowest BCUT2D eigenvalue weighted by Gasteiger charge is -2.17. The van der Waals surface area contributed by atoms with Gasteiger partial charge in [-0.25, -0.2) is 0 Å². The van der Waals surface area contributed by atoms with E-state index in [4.69, 9.17) is 15.6 Å². The van der Waals surface area contributed by atoms with Gasteiger partial charge in [-0.05, 0) is 12.5 Å². The lowest BCUT2D eigenvalue weighted by Crippen LogP contribution is -2.15. The summed E-state index contributed by atoms with van der Waals surface area (Å²) in [7, 11) is 0. The van der Waals surface area contributed by atoms with Gasteiger partial charge >= 0.3 is 0 Å². The molecule has 1 unspecified atom stereocenters. The molecule has 0 aliphatic heterocycles. The second-order valence-corrected chi connectivity index (χ2v) is 4.15. The third-order valence-corrected chi connectivity index (χ3v) is 2.59. The molecule has 3 heteroatoms. The average molecular weight is 223 g/mol. The van der Waals surface area contributed by atoms with Crippen molar-refractivity contribution in [3.8, 4) is 5.75 Å². The maximum absolute atomic E-state index is 8.93. The van der Waals surface area contributed by atoms with Crippen molar-refractivity contribution in [1.29, 1.82) is 0 Å². The second-order valence-electron chi connectivity index (χ2n) is 4.15. The first-order valence-corrected chi connectivity index (χ1v) is 5.77. The van der Waals surface area contributed by atoms with Crippen molar-refractivity contribution < 1.29 is 9.84 Å². The number of para-hydroxylation sites is 1. The van der Waals surface area contributed by atoms with Crippen LogP contribution >= 0.6 is 0 Å². The minimum atomic E-state index is 0.0145. The molecule has 0 amide bonds. The Labute approximate surface area is 97.2 Å². The zero-order valence-electron chi connectivity index (χ0n) is 10.0. The van der Waals surface area contributed by atoms with E-state index in [0.717, 1.165) is 17.7 Å². The van der Waals surface area contributed by atoms with Crippen molar-refractivity contribution in [3.63, 3.8) is 0 Å². The maximum Gasteiger partial charge on any atom is 0.124 e. The largest absolute Gasteiger partial charge is 0.493 e. The van der Waals surface area contributed by atoms with Crippen molar-refractivity contribution in [2.45, 2.75) is 26.3 Å². The molecular formula is C13H21NO2. The third kappa shape index (κ3) is 3.51. The van der Waals surface area contributed by atoms with Gasteiger partial charge in [-0.1, -0.05) is 32.0 Å². The van der Waals surface area contributed by atoms with E-state index >= 15 is 0 Å². The highest BCUT2D eigenvalue weighted by Crippen LogP contribution is 2.25. The molecule has 0 radical (unpaired) electrons. The highest BCUT2D eigenvalue weighted by atomic mass is 16.5. The van der Waals surface area contributed by atoms with Crippen LogP contribution in [0.25, 0.3) is 0 Å². The van der Waals surface area contributed by atoms with Crippen molar-refractivity contribution in [3.05, 3.63) is 29.8 Å². The first kappa shape index (κ1) is 13.0. The number of aliphatic hydroxyl groups excluding tert-OH is 1. The van der Waals surface area contributed by atoms with Crippen molar-refractivity contribution >= 4 is 0 Å². The molecule has 0 aliphatic rings. The number of rotatable bonds is 6. The summed E-state index contributed by atoms with van der Waals surface area (Å²) in [5, 5.41) is 8.93. The van der Waals surface area contributed by atoms with Gasteiger partial charge in [0.1, 0.15) is 5.75 Å². The molecule has 0 spiro atoms. The molecule has 3 nitrogen and oxygen atoms in total. The smallest absolute Gasteiger partial charge is 0.124 e. The molecule has 1 aromatic rings. The van der Waals surface area contributed by atoms with Crippen molar-refractivity contribution in [1.82, 2.24) is 0 Å². The van der Waals surface area contributed by atoms with Crippen LogP contribution in [0, 0.1) is 5.92 Å². The van der Waals surface area contributed by atoms with E-state index in [9.17, 15) is 0 Å². The van der Waals surface area contributed by atoms with Crippen LogP contribution in [0.1, 0.15) is 31.9 Å². The Kier molecular flexibility index (Phi) is 5.29. The zero-order chi connectivity index (χ0) is 12.0. The van der Waals surface area contributed by atoms with Gasteiger partial charge in [0.2, 0.25) is 0 Å². The monoisotopic (exact) mass is 223 g/mol. The number of hydrogen-bond donors (Lipinski definition) is 2. The van der Waals surface area contributed by atoms with Gasteiger partial charge in [-0.15, -0.1) is 0 Å². The summed E-state index contributed by atoms with van der Waals surface area (Å²) in [6.07, 6.45) is 0.885.